The SMILES string of the molecule is O=C(O)CCC(=S)NC(CCS)C(=O)O. The van der Waals surface area contributed by atoms with Crippen LogP contribution in [0, 0.1) is 0 Å². The van der Waals surface area contributed by atoms with E-state index in [-0.39, 0.29) is 17.8 Å². The Labute approximate surface area is 98.3 Å². The van der Waals surface area contributed by atoms with Gasteiger partial charge in [0.2, 0.25) is 0 Å². The number of carbonyl (C=O) groups is 2. The summed E-state index contributed by atoms with van der Waals surface area (Å²) in [4.78, 5) is 21.2. The monoisotopic (exact) mass is 251 g/mol. The van der Waals surface area contributed by atoms with Crippen molar-refractivity contribution in [2.75, 3.05) is 5.75 Å². The van der Waals surface area contributed by atoms with Crippen molar-refractivity contribution in [3.05, 3.63) is 0 Å². The largest absolute Gasteiger partial charge is 0.481 e. The zero-order valence-corrected chi connectivity index (χ0v) is 9.68. The van der Waals surface area contributed by atoms with Gasteiger partial charge >= 0.3 is 11.9 Å². The number of thiol groups is 1. The van der Waals surface area contributed by atoms with Crippen LogP contribution in [0.2, 0.25) is 0 Å². The first-order chi connectivity index (χ1) is 6.97. The molecule has 15 heavy (non-hydrogen) atoms. The molecule has 5 nitrogen and oxygen atoms in total. The molecule has 0 aromatic carbocycles. The lowest BCUT2D eigenvalue weighted by Crippen LogP contribution is -2.40. The van der Waals surface area contributed by atoms with Gasteiger partial charge < -0.3 is 15.5 Å². The number of carboxylic acid groups (broad SMARTS) is 2. The number of thiocarbonyl (C=S) groups is 1. The van der Waals surface area contributed by atoms with Gasteiger partial charge in [0, 0.05) is 6.42 Å². The first kappa shape index (κ1) is 14.2. The second-order valence-electron chi connectivity index (χ2n) is 2.86. The average molecular weight is 251 g/mol. The molecule has 0 heterocycles. The van der Waals surface area contributed by atoms with Crippen LogP contribution in [0.25, 0.3) is 0 Å². The minimum atomic E-state index is -1.01. The number of hydrogen-bond donors (Lipinski definition) is 4. The smallest absolute Gasteiger partial charge is 0.326 e. The topological polar surface area (TPSA) is 86.6 Å². The third-order valence-electron chi connectivity index (χ3n) is 1.62. The van der Waals surface area contributed by atoms with E-state index in [4.69, 9.17) is 22.4 Å². The molecular formula is C8H13NO4S2. The predicted octanol–water partition coefficient (Wildman–Crippen LogP) is 0.541. The first-order valence-electron chi connectivity index (χ1n) is 4.32. The second-order valence-corrected chi connectivity index (χ2v) is 3.80. The fraction of sp³-hybridized carbons (Fsp3) is 0.625. The van der Waals surface area contributed by atoms with Crippen molar-refractivity contribution in [2.45, 2.75) is 25.3 Å². The van der Waals surface area contributed by atoms with Gasteiger partial charge in [0.1, 0.15) is 6.04 Å². The van der Waals surface area contributed by atoms with Gasteiger partial charge in [-0.1, -0.05) is 12.2 Å². The van der Waals surface area contributed by atoms with Crippen molar-refractivity contribution in [1.82, 2.24) is 5.32 Å². The molecule has 0 aliphatic rings. The molecule has 0 aromatic rings. The zero-order valence-electron chi connectivity index (χ0n) is 7.97. The van der Waals surface area contributed by atoms with E-state index < -0.39 is 18.0 Å². The van der Waals surface area contributed by atoms with Crippen LogP contribution in [-0.2, 0) is 9.59 Å². The highest BCUT2D eigenvalue weighted by atomic mass is 32.1. The fourth-order valence-electron chi connectivity index (χ4n) is 0.873. The number of rotatable bonds is 7. The first-order valence-corrected chi connectivity index (χ1v) is 5.36. The molecule has 1 unspecified atom stereocenters. The van der Waals surface area contributed by atoms with Gasteiger partial charge in [-0.3, -0.25) is 4.79 Å². The van der Waals surface area contributed by atoms with Crippen molar-refractivity contribution in [3.8, 4) is 0 Å². The molecule has 0 radical (unpaired) electrons. The zero-order chi connectivity index (χ0) is 11.8. The Hall–Kier alpha value is -0.820. The molecule has 0 rings (SSSR count). The second kappa shape index (κ2) is 7.47. The van der Waals surface area contributed by atoms with E-state index in [2.05, 4.69) is 17.9 Å². The summed E-state index contributed by atoms with van der Waals surface area (Å²) < 4.78 is 0. The third-order valence-corrected chi connectivity index (χ3v) is 2.20. The van der Waals surface area contributed by atoms with Crippen molar-refractivity contribution in [3.63, 3.8) is 0 Å². The summed E-state index contributed by atoms with van der Waals surface area (Å²) in [6.45, 7) is 0. The molecule has 0 fully saturated rings. The highest BCUT2D eigenvalue weighted by Crippen LogP contribution is 1.98. The Kier molecular flexibility index (Phi) is 7.06. The van der Waals surface area contributed by atoms with Crippen LogP contribution in [0.15, 0.2) is 0 Å². The third kappa shape index (κ3) is 7.15. The summed E-state index contributed by atoms with van der Waals surface area (Å²) in [5, 5.41) is 19.7. The molecule has 0 aliphatic heterocycles. The Morgan fingerprint density at radius 2 is 1.93 bits per heavy atom. The molecule has 86 valence electrons. The molecule has 0 amide bonds. The highest BCUT2D eigenvalue weighted by Gasteiger charge is 2.17. The van der Waals surface area contributed by atoms with Gasteiger partial charge in [-0.15, -0.1) is 0 Å². The lowest BCUT2D eigenvalue weighted by molar-refractivity contribution is -0.139. The van der Waals surface area contributed by atoms with Crippen LogP contribution in [0.4, 0.5) is 0 Å². The number of hydrogen-bond acceptors (Lipinski definition) is 4. The summed E-state index contributed by atoms with van der Waals surface area (Å²) in [6, 6.07) is -0.788. The van der Waals surface area contributed by atoms with Gasteiger partial charge in [0.15, 0.2) is 0 Å². The van der Waals surface area contributed by atoms with Crippen LogP contribution in [0.5, 0.6) is 0 Å². The summed E-state index contributed by atoms with van der Waals surface area (Å²) >= 11 is 8.74. The lowest BCUT2D eigenvalue weighted by Gasteiger charge is -2.14. The Morgan fingerprint density at radius 1 is 1.33 bits per heavy atom. The van der Waals surface area contributed by atoms with Gasteiger partial charge in [-0.05, 0) is 12.2 Å². The Morgan fingerprint density at radius 3 is 2.33 bits per heavy atom. The van der Waals surface area contributed by atoms with Gasteiger partial charge in [-0.2, -0.15) is 12.6 Å². The highest BCUT2D eigenvalue weighted by molar-refractivity contribution is 7.80. The van der Waals surface area contributed by atoms with Crippen molar-refractivity contribution in [1.29, 1.82) is 0 Å². The maximum absolute atomic E-state index is 10.7. The molecule has 0 aromatic heterocycles. The number of nitrogens with one attached hydrogen (secondary N) is 1. The van der Waals surface area contributed by atoms with E-state index in [1.54, 1.807) is 0 Å². The fourth-order valence-corrected chi connectivity index (χ4v) is 1.38. The van der Waals surface area contributed by atoms with E-state index in [9.17, 15) is 9.59 Å². The van der Waals surface area contributed by atoms with E-state index in [1.807, 2.05) is 0 Å². The van der Waals surface area contributed by atoms with Crippen molar-refractivity contribution < 1.29 is 19.8 Å². The van der Waals surface area contributed by atoms with Crippen LogP contribution >= 0.6 is 24.8 Å². The van der Waals surface area contributed by atoms with E-state index >= 15 is 0 Å². The maximum Gasteiger partial charge on any atom is 0.326 e. The maximum atomic E-state index is 10.7. The average Bonchev–Trinajstić information content (AvgIpc) is 2.14. The predicted molar refractivity (Wildman–Crippen MR) is 62.5 cm³/mol. The summed E-state index contributed by atoms with van der Waals surface area (Å²) in [5.41, 5.74) is 0. The molecule has 3 N–H and O–H groups in total. The minimum Gasteiger partial charge on any atom is -0.481 e. The van der Waals surface area contributed by atoms with E-state index in [0.717, 1.165) is 0 Å². The lowest BCUT2D eigenvalue weighted by atomic mass is 10.2. The van der Waals surface area contributed by atoms with Crippen LogP contribution in [0.3, 0.4) is 0 Å². The minimum absolute atomic E-state index is 0.0982. The van der Waals surface area contributed by atoms with E-state index in [1.165, 1.54) is 0 Å². The van der Waals surface area contributed by atoms with Crippen molar-refractivity contribution in [2.24, 2.45) is 0 Å². The molecule has 0 bridgehead atoms. The van der Waals surface area contributed by atoms with E-state index in [0.29, 0.717) is 12.2 Å². The standard InChI is InChI=1S/C8H13NO4S2/c10-7(11)2-1-6(15)9-5(3-4-14)8(12)13/h5,14H,1-4H2,(H,9,15)(H,10,11)(H,12,13). The summed E-state index contributed by atoms with van der Waals surface area (Å²) in [7, 11) is 0. The van der Waals surface area contributed by atoms with Crippen molar-refractivity contribution >= 4 is 41.8 Å². The molecule has 0 saturated heterocycles. The Bertz CT molecular complexity index is 257. The van der Waals surface area contributed by atoms with Gasteiger partial charge in [0.25, 0.3) is 0 Å². The molecule has 0 saturated carbocycles. The molecule has 1 atom stereocenters. The van der Waals surface area contributed by atoms with Crippen LogP contribution in [0.1, 0.15) is 19.3 Å². The normalized spacial score (nSPS) is 11.8. The molecule has 0 aliphatic carbocycles. The Balaban J connectivity index is 3.99. The summed E-state index contributed by atoms with van der Waals surface area (Å²) in [5.74, 6) is -1.55. The number of carboxylic acids is 2. The quantitative estimate of drug-likeness (QED) is 0.390. The molecule has 7 heteroatoms. The van der Waals surface area contributed by atoms with Crippen LogP contribution < -0.4 is 5.32 Å². The summed E-state index contributed by atoms with van der Waals surface area (Å²) in [6.07, 6.45) is 0.395. The van der Waals surface area contributed by atoms with Crippen LogP contribution in [-0.4, -0.2) is 38.9 Å². The number of aliphatic carboxylic acids is 2. The van der Waals surface area contributed by atoms with Gasteiger partial charge in [-0.25, -0.2) is 4.79 Å². The molecular weight excluding hydrogens is 238 g/mol. The molecule has 0 spiro atoms. The van der Waals surface area contributed by atoms with Gasteiger partial charge in [0.05, 0.1) is 11.4 Å².